The molecule has 0 saturated carbocycles. The molecule has 0 radical (unpaired) electrons. The van der Waals surface area contributed by atoms with Gasteiger partial charge in [-0.2, -0.15) is 9.37 Å². The van der Waals surface area contributed by atoms with Gasteiger partial charge >= 0.3 is 0 Å². The number of ether oxygens (including phenoxy) is 2. The fraction of sp³-hybridized carbons (Fsp3) is 0.481. The number of hydrogen-bond acceptors (Lipinski definition) is 9. The molecule has 1 aromatic carbocycles. The largest absolute Gasteiger partial charge is 0.494 e. The number of benzene rings is 1. The Morgan fingerprint density at radius 2 is 1.92 bits per heavy atom. The summed E-state index contributed by atoms with van der Waals surface area (Å²) in [7, 11) is 5.72. The van der Waals surface area contributed by atoms with Crippen LogP contribution in [0.15, 0.2) is 31.0 Å². The Bertz CT molecular complexity index is 1220. The molecule has 39 heavy (non-hydrogen) atoms. The van der Waals surface area contributed by atoms with E-state index < -0.39 is 5.82 Å². The van der Waals surface area contributed by atoms with Crippen LogP contribution < -0.4 is 25.0 Å². The van der Waals surface area contributed by atoms with Crippen molar-refractivity contribution in [2.45, 2.75) is 38.3 Å². The summed E-state index contributed by atoms with van der Waals surface area (Å²) in [5, 5.41) is 5.95. The predicted molar refractivity (Wildman–Crippen MR) is 147 cm³/mol. The number of halogens is 1. The Balaban J connectivity index is 1.58. The smallest absolute Gasteiger partial charge is 0.255 e. The quantitative estimate of drug-likeness (QED) is 0.463. The standard InChI is InChI=1S/C27H36FN7O4/c1-6-25(37)30-21-13-22(24(38-5)14-23(21)34-10-7-18(8-11-34)33(3)4)31-27-29-15-20(28)26(32-27)39-19-9-12-35(16-19)17(2)36/h6,13-15,18-19H,1,7-12,16H2,2-5H3,(H,30,37)(H,29,31,32). The van der Waals surface area contributed by atoms with Crippen LogP contribution in [0, 0.1) is 5.82 Å². The van der Waals surface area contributed by atoms with Crippen LogP contribution in [0.25, 0.3) is 0 Å². The zero-order valence-electron chi connectivity index (χ0n) is 22.9. The van der Waals surface area contributed by atoms with E-state index in [1.165, 1.54) is 13.0 Å². The van der Waals surface area contributed by atoms with Crippen molar-refractivity contribution in [2.24, 2.45) is 0 Å². The second-order valence-electron chi connectivity index (χ2n) is 9.91. The minimum atomic E-state index is -0.704. The highest BCUT2D eigenvalue weighted by Gasteiger charge is 2.28. The van der Waals surface area contributed by atoms with E-state index in [0.717, 1.165) is 37.8 Å². The van der Waals surface area contributed by atoms with E-state index in [9.17, 15) is 14.0 Å². The molecule has 1 unspecified atom stereocenters. The molecule has 210 valence electrons. The molecule has 2 fully saturated rings. The second-order valence-corrected chi connectivity index (χ2v) is 9.91. The normalized spacial score (nSPS) is 17.7. The number of aromatic nitrogens is 2. The topological polar surface area (TPSA) is 112 Å². The third-order valence-electron chi connectivity index (χ3n) is 7.12. The Kier molecular flexibility index (Phi) is 8.85. The summed E-state index contributed by atoms with van der Waals surface area (Å²) in [6.07, 6.45) is 4.43. The first-order valence-corrected chi connectivity index (χ1v) is 13.0. The van der Waals surface area contributed by atoms with E-state index in [-0.39, 0.29) is 29.7 Å². The van der Waals surface area contributed by atoms with E-state index in [4.69, 9.17) is 9.47 Å². The van der Waals surface area contributed by atoms with E-state index in [0.29, 0.717) is 42.7 Å². The lowest BCUT2D eigenvalue weighted by Gasteiger charge is -2.37. The summed E-state index contributed by atoms with van der Waals surface area (Å²) in [4.78, 5) is 38.3. The minimum absolute atomic E-state index is 0.0522. The van der Waals surface area contributed by atoms with Crippen molar-refractivity contribution < 1.29 is 23.5 Å². The summed E-state index contributed by atoms with van der Waals surface area (Å²) in [6.45, 7) is 7.61. The van der Waals surface area contributed by atoms with Gasteiger partial charge in [0, 0.05) is 45.1 Å². The molecule has 11 nitrogen and oxygen atoms in total. The number of anilines is 4. The van der Waals surface area contributed by atoms with Crippen LogP contribution in [0.4, 0.5) is 27.4 Å². The third kappa shape index (κ3) is 6.75. The summed E-state index contributed by atoms with van der Waals surface area (Å²) in [5.41, 5.74) is 1.87. The number of amides is 2. The van der Waals surface area contributed by atoms with Gasteiger partial charge in [0.25, 0.3) is 5.88 Å². The first-order chi connectivity index (χ1) is 18.7. The van der Waals surface area contributed by atoms with Gasteiger partial charge in [-0.15, -0.1) is 0 Å². The average molecular weight is 542 g/mol. The number of nitrogens with zero attached hydrogens (tertiary/aromatic N) is 5. The first-order valence-electron chi connectivity index (χ1n) is 13.0. The number of rotatable bonds is 9. The van der Waals surface area contributed by atoms with Gasteiger partial charge in [-0.05, 0) is 39.1 Å². The molecular formula is C27H36FN7O4. The number of methoxy groups -OCH3 is 1. The maximum atomic E-state index is 14.5. The second kappa shape index (κ2) is 12.3. The highest BCUT2D eigenvalue weighted by atomic mass is 19.1. The maximum Gasteiger partial charge on any atom is 0.255 e. The molecule has 12 heteroatoms. The highest BCUT2D eigenvalue weighted by molar-refractivity contribution is 6.02. The van der Waals surface area contributed by atoms with E-state index in [2.05, 4.69) is 51.1 Å². The molecular weight excluding hydrogens is 505 g/mol. The van der Waals surface area contributed by atoms with Crippen molar-refractivity contribution in [3.63, 3.8) is 0 Å². The molecule has 1 aromatic heterocycles. The SMILES string of the molecule is C=CC(=O)Nc1cc(Nc2ncc(F)c(OC3CCN(C(C)=O)C3)n2)c(OC)cc1N1CCC(N(C)C)CC1. The van der Waals surface area contributed by atoms with Gasteiger partial charge in [0.2, 0.25) is 23.6 Å². The number of piperidine rings is 1. The molecule has 3 heterocycles. The van der Waals surface area contributed by atoms with Gasteiger partial charge in [-0.3, -0.25) is 9.59 Å². The van der Waals surface area contributed by atoms with Gasteiger partial charge in [0.15, 0.2) is 0 Å². The van der Waals surface area contributed by atoms with Gasteiger partial charge in [-0.25, -0.2) is 4.98 Å². The number of carbonyl (C=O) groups is 2. The monoisotopic (exact) mass is 541 g/mol. The number of nitrogens with one attached hydrogen (secondary N) is 2. The van der Waals surface area contributed by atoms with Crippen LogP contribution >= 0.6 is 0 Å². The molecule has 2 amide bonds. The van der Waals surface area contributed by atoms with Gasteiger partial charge in [-0.1, -0.05) is 6.58 Å². The summed E-state index contributed by atoms with van der Waals surface area (Å²) in [5.74, 6) is -0.720. The molecule has 2 N–H and O–H groups in total. The van der Waals surface area contributed by atoms with Crippen molar-refractivity contribution in [3.05, 3.63) is 36.8 Å². The Morgan fingerprint density at radius 3 is 2.54 bits per heavy atom. The molecule has 0 aliphatic carbocycles. The molecule has 2 aliphatic rings. The minimum Gasteiger partial charge on any atom is -0.494 e. The average Bonchev–Trinajstić information content (AvgIpc) is 3.40. The number of hydrogen-bond donors (Lipinski definition) is 2. The molecule has 0 spiro atoms. The zero-order chi connectivity index (χ0) is 28.1. The van der Waals surface area contributed by atoms with Crippen LogP contribution in [0.3, 0.4) is 0 Å². The van der Waals surface area contributed by atoms with Crippen molar-refractivity contribution >= 4 is 34.8 Å². The first kappa shape index (κ1) is 28.1. The van der Waals surface area contributed by atoms with E-state index >= 15 is 0 Å². The predicted octanol–water partition coefficient (Wildman–Crippen LogP) is 3.02. The molecule has 4 rings (SSSR count). The Morgan fingerprint density at radius 1 is 1.18 bits per heavy atom. The fourth-order valence-electron chi connectivity index (χ4n) is 4.89. The van der Waals surface area contributed by atoms with Crippen molar-refractivity contribution in [2.75, 3.05) is 62.9 Å². The molecule has 2 saturated heterocycles. The van der Waals surface area contributed by atoms with Crippen molar-refractivity contribution in [1.29, 1.82) is 0 Å². The summed E-state index contributed by atoms with van der Waals surface area (Å²) < 4.78 is 25.9. The molecule has 2 aliphatic heterocycles. The van der Waals surface area contributed by atoms with Crippen LogP contribution in [-0.4, -0.2) is 91.1 Å². The summed E-state index contributed by atoms with van der Waals surface area (Å²) in [6, 6.07) is 4.09. The lowest BCUT2D eigenvalue weighted by Crippen LogP contribution is -2.42. The van der Waals surface area contributed by atoms with Gasteiger partial charge < -0.3 is 34.8 Å². The van der Waals surface area contributed by atoms with Crippen molar-refractivity contribution in [3.8, 4) is 11.6 Å². The molecule has 0 bridgehead atoms. The van der Waals surface area contributed by atoms with E-state index in [1.807, 2.05) is 6.07 Å². The highest BCUT2D eigenvalue weighted by Crippen LogP contribution is 2.39. The van der Waals surface area contributed by atoms with E-state index in [1.54, 1.807) is 18.1 Å². The Hall–Kier alpha value is -3.93. The van der Waals surface area contributed by atoms with Crippen LogP contribution in [0.5, 0.6) is 11.6 Å². The van der Waals surface area contributed by atoms with Gasteiger partial charge in [0.1, 0.15) is 11.9 Å². The lowest BCUT2D eigenvalue weighted by molar-refractivity contribution is -0.128. The van der Waals surface area contributed by atoms with Crippen LogP contribution in [0.2, 0.25) is 0 Å². The Labute approximate surface area is 228 Å². The summed E-state index contributed by atoms with van der Waals surface area (Å²) >= 11 is 0. The number of likely N-dealkylation sites (tertiary alicyclic amines) is 1. The van der Waals surface area contributed by atoms with Gasteiger partial charge in [0.05, 0.1) is 36.9 Å². The molecule has 2 aromatic rings. The zero-order valence-corrected chi connectivity index (χ0v) is 22.9. The third-order valence-corrected chi connectivity index (χ3v) is 7.12. The maximum absolute atomic E-state index is 14.5. The lowest BCUT2D eigenvalue weighted by atomic mass is 10.0. The number of carbonyl (C=O) groups excluding carboxylic acids is 2. The van der Waals surface area contributed by atoms with Crippen LogP contribution in [0.1, 0.15) is 26.2 Å². The molecule has 1 atom stereocenters. The fourth-order valence-corrected chi connectivity index (χ4v) is 4.89. The van der Waals surface area contributed by atoms with Crippen LogP contribution in [-0.2, 0) is 9.59 Å². The van der Waals surface area contributed by atoms with Crippen molar-refractivity contribution in [1.82, 2.24) is 19.8 Å².